The highest BCUT2D eigenvalue weighted by molar-refractivity contribution is 7.90. The van der Waals surface area contributed by atoms with Crippen LogP contribution in [0.1, 0.15) is 5.56 Å². The van der Waals surface area contributed by atoms with Gasteiger partial charge in [-0.3, -0.25) is 0 Å². The first kappa shape index (κ1) is 14.4. The molecule has 0 aliphatic carbocycles. The lowest BCUT2D eigenvalue weighted by atomic mass is 10.2. The van der Waals surface area contributed by atoms with Crippen LogP contribution in [0.25, 0.3) is 11.0 Å². The van der Waals surface area contributed by atoms with E-state index in [0.29, 0.717) is 17.6 Å². The van der Waals surface area contributed by atoms with Gasteiger partial charge in [-0.15, -0.1) is 0 Å². The number of nitrogens with one attached hydrogen (secondary N) is 1. The number of nitrogen functional groups attached to an aromatic ring is 1. The number of benzene rings is 2. The van der Waals surface area contributed by atoms with Crippen molar-refractivity contribution in [1.82, 2.24) is 8.96 Å². The number of nitrogens with zero attached hydrogens (tertiary/aromatic N) is 1. The summed E-state index contributed by atoms with van der Waals surface area (Å²) in [6, 6.07) is 13.9. The maximum absolute atomic E-state index is 12.5. The van der Waals surface area contributed by atoms with Gasteiger partial charge in [-0.05, 0) is 30.2 Å². The van der Waals surface area contributed by atoms with Crippen LogP contribution in [0.4, 0.5) is 5.69 Å². The van der Waals surface area contributed by atoms with Gasteiger partial charge in [-0.2, -0.15) is 3.97 Å². The molecule has 0 amide bonds. The largest absolute Gasteiger partial charge is 0.399 e. The Bertz CT molecular complexity index is 972. The summed E-state index contributed by atoms with van der Waals surface area (Å²) >= 11 is 0. The Morgan fingerprint density at radius 3 is 2.55 bits per heavy atom. The Balaban J connectivity index is 2.00. The monoisotopic (exact) mass is 317 g/mol. The van der Waals surface area contributed by atoms with Crippen molar-refractivity contribution in [2.24, 2.45) is 0 Å². The molecule has 3 N–H and O–H groups in total. The average molecular weight is 317 g/mol. The summed E-state index contributed by atoms with van der Waals surface area (Å²) in [6.07, 6.45) is 0.338. The third-order valence-electron chi connectivity index (χ3n) is 3.44. The van der Waals surface area contributed by atoms with Gasteiger partial charge >= 0.3 is 5.69 Å². The molecule has 0 unspecified atom stereocenters. The number of hydrogen-bond acceptors (Lipinski definition) is 4. The molecule has 7 heteroatoms. The van der Waals surface area contributed by atoms with Crippen molar-refractivity contribution in [3.05, 3.63) is 64.6 Å². The minimum atomic E-state index is -3.77. The zero-order chi connectivity index (χ0) is 15.7. The van der Waals surface area contributed by atoms with Gasteiger partial charge in [0, 0.05) is 5.69 Å². The van der Waals surface area contributed by atoms with Crippen LogP contribution in [0.5, 0.6) is 0 Å². The van der Waals surface area contributed by atoms with Crippen molar-refractivity contribution in [2.75, 3.05) is 11.5 Å². The maximum Gasteiger partial charge on any atom is 0.340 e. The lowest BCUT2D eigenvalue weighted by Gasteiger charge is -2.06. The van der Waals surface area contributed by atoms with Gasteiger partial charge in [0.15, 0.2) is 0 Å². The molecule has 0 fully saturated rings. The van der Waals surface area contributed by atoms with E-state index in [1.54, 1.807) is 12.1 Å². The number of imidazole rings is 1. The quantitative estimate of drug-likeness (QED) is 0.709. The summed E-state index contributed by atoms with van der Waals surface area (Å²) in [5, 5.41) is 0. The van der Waals surface area contributed by atoms with Crippen LogP contribution in [-0.2, 0) is 16.4 Å². The predicted octanol–water partition coefficient (Wildman–Crippen LogP) is 1.33. The minimum Gasteiger partial charge on any atom is -0.399 e. The Morgan fingerprint density at radius 1 is 1.09 bits per heavy atom. The third kappa shape index (κ3) is 2.62. The summed E-state index contributed by atoms with van der Waals surface area (Å²) in [6.45, 7) is 0. The molecule has 3 rings (SSSR count). The van der Waals surface area contributed by atoms with Crippen LogP contribution in [0.15, 0.2) is 53.3 Å². The maximum atomic E-state index is 12.5. The number of aromatic nitrogens is 2. The molecule has 6 nitrogen and oxygen atoms in total. The molecule has 1 aromatic heterocycles. The van der Waals surface area contributed by atoms with Gasteiger partial charge in [0.05, 0.1) is 16.8 Å². The van der Waals surface area contributed by atoms with E-state index < -0.39 is 15.7 Å². The Hall–Kier alpha value is -2.54. The van der Waals surface area contributed by atoms with E-state index in [1.165, 1.54) is 6.07 Å². The number of anilines is 1. The topological polar surface area (TPSA) is 97.9 Å². The first-order valence-corrected chi connectivity index (χ1v) is 8.36. The zero-order valence-corrected chi connectivity index (χ0v) is 12.5. The van der Waals surface area contributed by atoms with E-state index in [2.05, 4.69) is 4.98 Å². The molecule has 0 atom stereocenters. The molecule has 0 spiro atoms. The second-order valence-corrected chi connectivity index (χ2v) is 6.96. The zero-order valence-electron chi connectivity index (χ0n) is 11.7. The molecule has 2 aromatic carbocycles. The molecule has 0 radical (unpaired) electrons. The van der Waals surface area contributed by atoms with E-state index in [1.807, 2.05) is 30.3 Å². The molecular weight excluding hydrogens is 302 g/mol. The molecule has 3 aromatic rings. The summed E-state index contributed by atoms with van der Waals surface area (Å²) in [5.41, 5.74) is 7.04. The van der Waals surface area contributed by atoms with Crippen molar-refractivity contribution >= 4 is 26.7 Å². The van der Waals surface area contributed by atoms with E-state index in [-0.39, 0.29) is 11.3 Å². The highest BCUT2D eigenvalue weighted by Crippen LogP contribution is 2.16. The number of fused-ring (bicyclic) bond motifs is 1. The fraction of sp³-hybridized carbons (Fsp3) is 0.133. The number of H-pyrrole nitrogens is 1. The van der Waals surface area contributed by atoms with Crippen molar-refractivity contribution in [3.63, 3.8) is 0 Å². The van der Waals surface area contributed by atoms with E-state index in [0.717, 1.165) is 9.54 Å². The number of nitrogens with two attached hydrogens (primary N) is 1. The Kier molecular flexibility index (Phi) is 3.50. The minimum absolute atomic E-state index is 0.154. The molecular formula is C15H15N3O3S. The Labute approximate surface area is 127 Å². The van der Waals surface area contributed by atoms with Crippen molar-refractivity contribution in [1.29, 1.82) is 0 Å². The molecule has 0 bridgehead atoms. The van der Waals surface area contributed by atoms with Crippen LogP contribution >= 0.6 is 0 Å². The molecule has 0 aliphatic rings. The van der Waals surface area contributed by atoms with Crippen LogP contribution < -0.4 is 11.4 Å². The van der Waals surface area contributed by atoms with Crippen LogP contribution in [0, 0.1) is 0 Å². The van der Waals surface area contributed by atoms with Crippen molar-refractivity contribution in [3.8, 4) is 0 Å². The fourth-order valence-electron chi connectivity index (χ4n) is 2.36. The molecule has 0 saturated carbocycles. The van der Waals surface area contributed by atoms with E-state index in [9.17, 15) is 13.2 Å². The van der Waals surface area contributed by atoms with Gasteiger partial charge in [0.2, 0.25) is 10.0 Å². The standard InChI is InChI=1S/C15H15N3O3S/c16-12-6-7-13-14(10-12)18(15(19)17-13)22(20,21)9-8-11-4-2-1-3-5-11/h1-7,10H,8-9,16H2,(H,17,19). The lowest BCUT2D eigenvalue weighted by molar-refractivity contribution is 0.586. The van der Waals surface area contributed by atoms with E-state index >= 15 is 0 Å². The fourth-order valence-corrected chi connectivity index (χ4v) is 3.78. The summed E-state index contributed by atoms with van der Waals surface area (Å²) in [4.78, 5) is 14.5. The van der Waals surface area contributed by atoms with Gasteiger partial charge < -0.3 is 10.7 Å². The average Bonchev–Trinajstić information content (AvgIpc) is 2.82. The summed E-state index contributed by atoms with van der Waals surface area (Å²) < 4.78 is 25.8. The predicted molar refractivity (Wildman–Crippen MR) is 86.3 cm³/mol. The first-order chi connectivity index (χ1) is 10.5. The van der Waals surface area contributed by atoms with Crippen LogP contribution in [-0.4, -0.2) is 23.1 Å². The van der Waals surface area contributed by atoms with Crippen molar-refractivity contribution in [2.45, 2.75) is 6.42 Å². The first-order valence-electron chi connectivity index (χ1n) is 6.75. The third-order valence-corrected chi connectivity index (χ3v) is 5.08. The van der Waals surface area contributed by atoms with Gasteiger partial charge in [0.25, 0.3) is 0 Å². The molecule has 22 heavy (non-hydrogen) atoms. The normalized spacial score (nSPS) is 11.8. The second kappa shape index (κ2) is 5.34. The number of aromatic amines is 1. The van der Waals surface area contributed by atoms with Gasteiger partial charge in [-0.1, -0.05) is 30.3 Å². The molecule has 0 aliphatic heterocycles. The smallest absolute Gasteiger partial charge is 0.340 e. The van der Waals surface area contributed by atoms with E-state index in [4.69, 9.17) is 5.73 Å². The SMILES string of the molecule is Nc1ccc2[nH]c(=O)n(S(=O)(=O)CCc3ccccc3)c2c1. The highest BCUT2D eigenvalue weighted by Gasteiger charge is 2.20. The second-order valence-electron chi connectivity index (χ2n) is 5.02. The number of hydrogen-bond donors (Lipinski definition) is 2. The van der Waals surface area contributed by atoms with Crippen molar-refractivity contribution < 1.29 is 8.42 Å². The van der Waals surface area contributed by atoms with Gasteiger partial charge in [0.1, 0.15) is 0 Å². The molecule has 1 heterocycles. The summed E-state index contributed by atoms with van der Waals surface area (Å²) in [5.74, 6) is -0.154. The molecule has 0 saturated heterocycles. The van der Waals surface area contributed by atoms with Gasteiger partial charge in [-0.25, -0.2) is 13.2 Å². The Morgan fingerprint density at radius 2 is 1.82 bits per heavy atom. The number of aryl methyl sites for hydroxylation is 1. The van der Waals surface area contributed by atoms with Crippen LogP contribution in [0.2, 0.25) is 0 Å². The number of rotatable bonds is 4. The molecule has 114 valence electrons. The summed E-state index contributed by atoms with van der Waals surface area (Å²) in [7, 11) is -3.77. The highest BCUT2D eigenvalue weighted by atomic mass is 32.2. The van der Waals surface area contributed by atoms with Crippen LogP contribution in [0.3, 0.4) is 0 Å². The lowest BCUT2D eigenvalue weighted by Crippen LogP contribution is -2.28.